The third-order valence-corrected chi connectivity index (χ3v) is 2.67. The van der Waals surface area contributed by atoms with Crippen molar-refractivity contribution in [3.8, 4) is 0 Å². The standard InChI is InChI=1S/C13H15ClN2O2/c1-13(2,3)18-12(17)16-8-9(7-14)10-5-4-6-15-11(10)16/h4-6,8H,7H2,1-3H3. The van der Waals surface area contributed by atoms with E-state index in [4.69, 9.17) is 16.3 Å². The normalized spacial score (nSPS) is 11.8. The Morgan fingerprint density at radius 1 is 1.50 bits per heavy atom. The van der Waals surface area contributed by atoms with Crippen molar-refractivity contribution in [1.29, 1.82) is 0 Å². The van der Waals surface area contributed by atoms with Crippen LogP contribution in [0.5, 0.6) is 0 Å². The molecular formula is C13H15ClN2O2. The molecule has 0 radical (unpaired) electrons. The number of hydrogen-bond acceptors (Lipinski definition) is 3. The molecule has 0 spiro atoms. The maximum atomic E-state index is 12.1. The summed E-state index contributed by atoms with van der Waals surface area (Å²) in [5.74, 6) is 0.331. The molecule has 0 unspecified atom stereocenters. The molecule has 96 valence electrons. The van der Waals surface area contributed by atoms with Gasteiger partial charge in [0.2, 0.25) is 0 Å². The van der Waals surface area contributed by atoms with Gasteiger partial charge in [0.05, 0.1) is 0 Å². The molecule has 2 aromatic rings. The van der Waals surface area contributed by atoms with Gasteiger partial charge in [-0.15, -0.1) is 11.6 Å². The molecule has 0 aliphatic carbocycles. The SMILES string of the molecule is CC(C)(C)OC(=O)n1cc(CCl)c2cccnc21. The number of fused-ring (bicyclic) bond motifs is 1. The number of carbonyl (C=O) groups excluding carboxylic acids is 1. The Morgan fingerprint density at radius 2 is 2.22 bits per heavy atom. The molecular weight excluding hydrogens is 252 g/mol. The summed E-state index contributed by atoms with van der Waals surface area (Å²) in [6, 6.07) is 3.71. The van der Waals surface area contributed by atoms with Gasteiger partial charge in [-0.25, -0.2) is 14.3 Å². The Labute approximate surface area is 111 Å². The van der Waals surface area contributed by atoms with E-state index >= 15 is 0 Å². The summed E-state index contributed by atoms with van der Waals surface area (Å²) >= 11 is 5.86. The summed E-state index contributed by atoms with van der Waals surface area (Å²) < 4.78 is 6.73. The van der Waals surface area contributed by atoms with Gasteiger partial charge in [-0.05, 0) is 38.5 Å². The molecule has 2 aromatic heterocycles. The van der Waals surface area contributed by atoms with Gasteiger partial charge in [0.25, 0.3) is 0 Å². The van der Waals surface area contributed by atoms with Gasteiger partial charge in [-0.3, -0.25) is 0 Å². The van der Waals surface area contributed by atoms with Crippen molar-refractivity contribution in [2.24, 2.45) is 0 Å². The lowest BCUT2D eigenvalue weighted by Gasteiger charge is -2.19. The molecule has 0 amide bonds. The molecule has 0 fully saturated rings. The quantitative estimate of drug-likeness (QED) is 0.742. The maximum Gasteiger partial charge on any atom is 0.420 e. The number of carbonyl (C=O) groups is 1. The van der Waals surface area contributed by atoms with Gasteiger partial charge in [-0.1, -0.05) is 0 Å². The second kappa shape index (κ2) is 4.61. The first-order valence-corrected chi connectivity index (χ1v) is 6.20. The highest BCUT2D eigenvalue weighted by atomic mass is 35.5. The van der Waals surface area contributed by atoms with Crippen LogP contribution in [0.15, 0.2) is 24.5 Å². The highest BCUT2D eigenvalue weighted by molar-refractivity contribution is 6.18. The predicted octanol–water partition coefficient (Wildman–Crippen LogP) is 3.56. The van der Waals surface area contributed by atoms with Crippen molar-refractivity contribution in [3.05, 3.63) is 30.1 Å². The first-order chi connectivity index (χ1) is 8.42. The molecule has 0 saturated carbocycles. The van der Waals surface area contributed by atoms with Gasteiger partial charge in [0.1, 0.15) is 11.2 Å². The molecule has 0 aliphatic rings. The minimum Gasteiger partial charge on any atom is -0.443 e. The fourth-order valence-electron chi connectivity index (χ4n) is 1.68. The number of nitrogens with zero attached hydrogens (tertiary/aromatic N) is 2. The third-order valence-electron chi connectivity index (χ3n) is 2.38. The van der Waals surface area contributed by atoms with E-state index in [0.29, 0.717) is 11.5 Å². The molecule has 4 nitrogen and oxygen atoms in total. The van der Waals surface area contributed by atoms with Gasteiger partial charge in [0.15, 0.2) is 0 Å². The van der Waals surface area contributed by atoms with Crippen molar-refractivity contribution < 1.29 is 9.53 Å². The monoisotopic (exact) mass is 266 g/mol. The lowest BCUT2D eigenvalue weighted by molar-refractivity contribution is 0.0543. The summed E-state index contributed by atoms with van der Waals surface area (Å²) in [5.41, 5.74) is 0.900. The Bertz CT molecular complexity index is 584. The van der Waals surface area contributed by atoms with Crippen LogP contribution in [0.1, 0.15) is 26.3 Å². The topological polar surface area (TPSA) is 44.1 Å². The van der Waals surface area contributed by atoms with E-state index in [1.165, 1.54) is 4.57 Å². The molecule has 2 rings (SSSR count). The zero-order valence-electron chi connectivity index (χ0n) is 10.6. The van der Waals surface area contributed by atoms with Crippen molar-refractivity contribution in [1.82, 2.24) is 9.55 Å². The maximum absolute atomic E-state index is 12.1. The molecule has 0 aromatic carbocycles. The van der Waals surface area contributed by atoms with E-state index < -0.39 is 11.7 Å². The van der Waals surface area contributed by atoms with Crippen molar-refractivity contribution >= 4 is 28.7 Å². The number of halogens is 1. The number of hydrogen-bond donors (Lipinski definition) is 0. The van der Waals surface area contributed by atoms with Crippen LogP contribution >= 0.6 is 11.6 Å². The minimum absolute atomic E-state index is 0.331. The van der Waals surface area contributed by atoms with E-state index in [0.717, 1.165) is 10.9 Å². The van der Waals surface area contributed by atoms with Gasteiger partial charge in [-0.2, -0.15) is 0 Å². The fourth-order valence-corrected chi connectivity index (χ4v) is 1.90. The largest absolute Gasteiger partial charge is 0.443 e. The summed E-state index contributed by atoms with van der Waals surface area (Å²) in [4.78, 5) is 16.3. The Balaban J connectivity index is 2.48. The molecule has 0 saturated heterocycles. The Hall–Kier alpha value is -1.55. The van der Waals surface area contributed by atoms with Crippen LogP contribution in [0.3, 0.4) is 0 Å². The number of ether oxygens (including phenoxy) is 1. The third kappa shape index (κ3) is 2.48. The van der Waals surface area contributed by atoms with Crippen molar-refractivity contribution in [2.45, 2.75) is 32.3 Å². The molecule has 0 bridgehead atoms. The number of rotatable bonds is 1. The van der Waals surface area contributed by atoms with Crippen LogP contribution in [-0.2, 0) is 10.6 Å². The second-order valence-corrected chi connectivity index (χ2v) is 5.28. The van der Waals surface area contributed by atoms with E-state index in [1.807, 2.05) is 32.9 Å². The lowest BCUT2D eigenvalue weighted by Crippen LogP contribution is -2.26. The first-order valence-electron chi connectivity index (χ1n) is 5.66. The minimum atomic E-state index is -0.538. The molecule has 0 atom stereocenters. The van der Waals surface area contributed by atoms with E-state index in [2.05, 4.69) is 4.98 Å². The molecule has 0 N–H and O–H groups in total. The van der Waals surface area contributed by atoms with E-state index in [1.54, 1.807) is 12.4 Å². The summed E-state index contributed by atoms with van der Waals surface area (Å²) in [7, 11) is 0. The van der Waals surface area contributed by atoms with Crippen LogP contribution in [0.2, 0.25) is 0 Å². The van der Waals surface area contributed by atoms with Crippen molar-refractivity contribution in [2.75, 3.05) is 0 Å². The van der Waals surface area contributed by atoms with Crippen LogP contribution in [0.4, 0.5) is 4.79 Å². The Kier molecular flexibility index (Phi) is 3.30. The number of aromatic nitrogens is 2. The van der Waals surface area contributed by atoms with E-state index in [-0.39, 0.29) is 0 Å². The predicted molar refractivity (Wildman–Crippen MR) is 70.9 cm³/mol. The summed E-state index contributed by atoms with van der Waals surface area (Å²) in [5, 5.41) is 0.873. The molecule has 18 heavy (non-hydrogen) atoms. The molecule has 5 heteroatoms. The smallest absolute Gasteiger partial charge is 0.420 e. The average molecular weight is 267 g/mol. The summed E-state index contributed by atoms with van der Waals surface area (Å²) in [6.07, 6.45) is 2.88. The van der Waals surface area contributed by atoms with Gasteiger partial charge >= 0.3 is 6.09 Å². The summed E-state index contributed by atoms with van der Waals surface area (Å²) in [6.45, 7) is 5.48. The number of pyridine rings is 1. The van der Waals surface area contributed by atoms with Crippen molar-refractivity contribution in [3.63, 3.8) is 0 Å². The van der Waals surface area contributed by atoms with Gasteiger partial charge in [0, 0.05) is 23.7 Å². The fraction of sp³-hybridized carbons (Fsp3) is 0.385. The van der Waals surface area contributed by atoms with Gasteiger partial charge < -0.3 is 4.74 Å². The molecule has 0 aliphatic heterocycles. The zero-order chi connectivity index (χ0) is 13.3. The zero-order valence-corrected chi connectivity index (χ0v) is 11.4. The molecule has 2 heterocycles. The van der Waals surface area contributed by atoms with Crippen LogP contribution in [0.25, 0.3) is 11.0 Å². The first kappa shape index (κ1) is 12.9. The van der Waals surface area contributed by atoms with Crippen LogP contribution in [0, 0.1) is 0 Å². The lowest BCUT2D eigenvalue weighted by atomic mass is 10.2. The average Bonchev–Trinajstić information content (AvgIpc) is 2.65. The second-order valence-electron chi connectivity index (χ2n) is 5.01. The Morgan fingerprint density at radius 3 is 2.83 bits per heavy atom. The van der Waals surface area contributed by atoms with Crippen LogP contribution in [-0.4, -0.2) is 21.2 Å². The highest BCUT2D eigenvalue weighted by Crippen LogP contribution is 2.22. The van der Waals surface area contributed by atoms with E-state index in [9.17, 15) is 4.79 Å². The number of alkyl halides is 1. The highest BCUT2D eigenvalue weighted by Gasteiger charge is 2.20. The van der Waals surface area contributed by atoms with Crippen LogP contribution < -0.4 is 0 Å².